The topological polar surface area (TPSA) is 47.8 Å². The fraction of sp³-hybridized carbons (Fsp3) is 0. The number of nitrogens with zero attached hydrogens (tertiary/aromatic N) is 3. The molecule has 1 aromatic carbocycles. The van der Waals surface area contributed by atoms with Gasteiger partial charge in [-0.3, -0.25) is 14.3 Å². The lowest BCUT2D eigenvalue weighted by molar-refractivity contribution is 1.01. The Hall–Kier alpha value is -2.20. The molecule has 2 aromatic heterocycles. The van der Waals surface area contributed by atoms with Crippen LogP contribution < -0.4 is 5.56 Å². The predicted octanol–water partition coefficient (Wildman–Crippen LogP) is 2.43. The fourth-order valence-corrected chi connectivity index (χ4v) is 2.12. The van der Waals surface area contributed by atoms with Crippen LogP contribution in [0, 0.1) is 0 Å². The fourth-order valence-electron chi connectivity index (χ4n) is 1.87. The Bertz CT molecular complexity index is 768. The monoisotopic (exact) mass is 257 g/mol. The van der Waals surface area contributed by atoms with Gasteiger partial charge in [-0.15, -0.1) is 0 Å². The molecule has 0 aliphatic rings. The number of fused-ring (bicyclic) bond motifs is 1. The third-order valence-corrected chi connectivity index (χ3v) is 3.01. The summed E-state index contributed by atoms with van der Waals surface area (Å²) in [7, 11) is 0. The summed E-state index contributed by atoms with van der Waals surface area (Å²) >= 11 is 6.06. The molecule has 0 radical (unpaired) electrons. The molecule has 0 saturated heterocycles. The van der Waals surface area contributed by atoms with Gasteiger partial charge in [-0.25, -0.2) is 0 Å². The molecule has 0 N–H and O–H groups in total. The molecule has 3 rings (SSSR count). The maximum atomic E-state index is 11.8. The van der Waals surface area contributed by atoms with E-state index in [0.29, 0.717) is 10.4 Å². The Morgan fingerprint density at radius 1 is 1.11 bits per heavy atom. The van der Waals surface area contributed by atoms with Gasteiger partial charge in [-0.2, -0.15) is 4.98 Å². The van der Waals surface area contributed by atoms with Gasteiger partial charge in [-0.1, -0.05) is 17.7 Å². The second-order valence-electron chi connectivity index (χ2n) is 3.76. The summed E-state index contributed by atoms with van der Waals surface area (Å²) in [5.41, 5.74) is 1.29. The zero-order valence-corrected chi connectivity index (χ0v) is 10.0. The van der Waals surface area contributed by atoms with Crippen molar-refractivity contribution in [3.63, 3.8) is 0 Å². The number of rotatable bonds is 1. The highest BCUT2D eigenvalue weighted by molar-refractivity contribution is 6.35. The highest BCUT2D eigenvalue weighted by Crippen LogP contribution is 2.21. The first-order valence-electron chi connectivity index (χ1n) is 5.33. The molecule has 0 spiro atoms. The van der Waals surface area contributed by atoms with Gasteiger partial charge in [0.2, 0.25) is 0 Å². The predicted molar refractivity (Wildman–Crippen MR) is 70.1 cm³/mol. The van der Waals surface area contributed by atoms with Gasteiger partial charge in [0.05, 0.1) is 21.6 Å². The van der Waals surface area contributed by atoms with Crippen molar-refractivity contribution in [2.24, 2.45) is 0 Å². The Morgan fingerprint density at radius 2 is 1.89 bits per heavy atom. The van der Waals surface area contributed by atoms with Crippen LogP contribution in [0.25, 0.3) is 16.6 Å². The molecular formula is C13H8ClN3O. The first-order valence-corrected chi connectivity index (χ1v) is 5.71. The van der Waals surface area contributed by atoms with Gasteiger partial charge in [0.1, 0.15) is 6.33 Å². The molecule has 88 valence electrons. The second kappa shape index (κ2) is 4.23. The molecule has 2 heterocycles. The van der Waals surface area contributed by atoms with Crippen molar-refractivity contribution in [1.82, 2.24) is 14.5 Å². The normalized spacial score (nSPS) is 10.7. The molecule has 0 atom stereocenters. The van der Waals surface area contributed by atoms with Crippen LogP contribution in [0.2, 0.25) is 5.02 Å². The van der Waals surface area contributed by atoms with Crippen molar-refractivity contribution >= 4 is 22.5 Å². The average Bonchev–Trinajstić information content (AvgIpc) is 2.40. The van der Waals surface area contributed by atoms with Crippen LogP contribution in [-0.4, -0.2) is 14.5 Å². The summed E-state index contributed by atoms with van der Waals surface area (Å²) in [6, 6.07) is 9.01. The Labute approximate surface area is 108 Å². The molecule has 3 aromatic rings. The largest absolute Gasteiger partial charge is 0.300 e. The summed E-state index contributed by atoms with van der Waals surface area (Å²) in [4.78, 5) is 19.6. The van der Waals surface area contributed by atoms with E-state index in [1.807, 2.05) is 28.8 Å². The number of halogens is 1. The zero-order chi connectivity index (χ0) is 12.5. The third-order valence-electron chi connectivity index (χ3n) is 2.70. The minimum absolute atomic E-state index is 0.319. The van der Waals surface area contributed by atoms with E-state index in [0.717, 1.165) is 11.2 Å². The van der Waals surface area contributed by atoms with E-state index in [-0.39, 0.29) is 5.56 Å². The van der Waals surface area contributed by atoms with E-state index in [4.69, 9.17) is 11.6 Å². The lowest BCUT2D eigenvalue weighted by Gasteiger charge is -2.09. The number of pyridine rings is 1. The summed E-state index contributed by atoms with van der Waals surface area (Å²) < 4.78 is 1.81. The molecular weight excluding hydrogens is 250 g/mol. The molecule has 4 nitrogen and oxygen atoms in total. The lowest BCUT2D eigenvalue weighted by Crippen LogP contribution is -2.11. The average molecular weight is 258 g/mol. The van der Waals surface area contributed by atoms with Crippen LogP contribution >= 0.6 is 11.6 Å². The molecule has 0 saturated carbocycles. The highest BCUT2D eigenvalue weighted by atomic mass is 35.5. The Balaban J connectivity index is 2.43. The van der Waals surface area contributed by atoms with Gasteiger partial charge in [-0.05, 0) is 24.3 Å². The first kappa shape index (κ1) is 10.9. The van der Waals surface area contributed by atoms with E-state index in [1.54, 1.807) is 18.5 Å². The second-order valence-corrected chi connectivity index (χ2v) is 4.17. The van der Waals surface area contributed by atoms with Crippen molar-refractivity contribution in [2.45, 2.75) is 0 Å². The minimum Gasteiger partial charge on any atom is -0.300 e. The molecule has 0 amide bonds. The number of hydrogen-bond acceptors (Lipinski definition) is 3. The van der Waals surface area contributed by atoms with Crippen LogP contribution in [0.3, 0.4) is 0 Å². The molecule has 18 heavy (non-hydrogen) atoms. The SMILES string of the molecule is O=c1ncn(-c2ccncc2)c2cccc(Cl)c12. The molecule has 0 unspecified atom stereocenters. The van der Waals surface area contributed by atoms with Crippen LogP contribution in [0.1, 0.15) is 0 Å². The van der Waals surface area contributed by atoms with Gasteiger partial charge in [0.15, 0.2) is 0 Å². The third kappa shape index (κ3) is 1.67. The molecule has 5 heteroatoms. The standard InChI is InChI=1S/C13H8ClN3O/c14-10-2-1-3-11-12(10)13(18)16-8-17(11)9-4-6-15-7-5-9/h1-8H. The van der Waals surface area contributed by atoms with Gasteiger partial charge >= 0.3 is 0 Å². The molecule has 0 aliphatic carbocycles. The summed E-state index contributed by atoms with van der Waals surface area (Å²) in [6.07, 6.45) is 4.87. The highest BCUT2D eigenvalue weighted by Gasteiger charge is 2.08. The minimum atomic E-state index is -0.319. The maximum absolute atomic E-state index is 11.8. The molecule has 0 fully saturated rings. The van der Waals surface area contributed by atoms with Crippen LogP contribution in [-0.2, 0) is 0 Å². The van der Waals surface area contributed by atoms with Gasteiger partial charge in [0, 0.05) is 12.4 Å². The van der Waals surface area contributed by atoms with E-state index < -0.39 is 0 Å². The Kier molecular flexibility index (Phi) is 2.57. The van der Waals surface area contributed by atoms with Crippen LogP contribution in [0.4, 0.5) is 0 Å². The van der Waals surface area contributed by atoms with Gasteiger partial charge in [0.25, 0.3) is 5.56 Å². The van der Waals surface area contributed by atoms with Crippen LogP contribution in [0.15, 0.2) is 53.8 Å². The van der Waals surface area contributed by atoms with Crippen molar-refractivity contribution in [3.8, 4) is 5.69 Å². The Morgan fingerprint density at radius 3 is 2.67 bits per heavy atom. The van der Waals surface area contributed by atoms with E-state index >= 15 is 0 Å². The van der Waals surface area contributed by atoms with Crippen molar-refractivity contribution in [2.75, 3.05) is 0 Å². The van der Waals surface area contributed by atoms with E-state index in [1.165, 1.54) is 6.33 Å². The number of hydrogen-bond donors (Lipinski definition) is 0. The summed E-state index contributed by atoms with van der Waals surface area (Å²) in [6.45, 7) is 0. The first-order chi connectivity index (χ1) is 8.77. The van der Waals surface area contributed by atoms with Crippen molar-refractivity contribution in [1.29, 1.82) is 0 Å². The maximum Gasteiger partial charge on any atom is 0.282 e. The molecule has 0 aliphatic heterocycles. The number of aromatic nitrogens is 3. The quantitative estimate of drug-likeness (QED) is 0.673. The lowest BCUT2D eigenvalue weighted by atomic mass is 10.2. The molecule has 0 bridgehead atoms. The van der Waals surface area contributed by atoms with E-state index in [9.17, 15) is 4.79 Å². The zero-order valence-electron chi connectivity index (χ0n) is 9.25. The van der Waals surface area contributed by atoms with Crippen LogP contribution in [0.5, 0.6) is 0 Å². The van der Waals surface area contributed by atoms with Crippen molar-refractivity contribution in [3.05, 3.63) is 64.4 Å². The summed E-state index contributed by atoms with van der Waals surface area (Å²) in [5, 5.41) is 0.840. The van der Waals surface area contributed by atoms with Gasteiger partial charge < -0.3 is 0 Å². The smallest absolute Gasteiger partial charge is 0.282 e. The van der Waals surface area contributed by atoms with E-state index in [2.05, 4.69) is 9.97 Å². The summed E-state index contributed by atoms with van der Waals surface area (Å²) in [5.74, 6) is 0. The van der Waals surface area contributed by atoms with Crippen molar-refractivity contribution < 1.29 is 0 Å². The number of benzene rings is 1.